The maximum atomic E-state index is 13.3. The summed E-state index contributed by atoms with van der Waals surface area (Å²) in [6.45, 7) is 1.71. The van der Waals surface area contributed by atoms with E-state index in [1.54, 1.807) is 25.1 Å². The Hall–Kier alpha value is -1.84. The molecule has 102 valence electrons. The Kier molecular flexibility index (Phi) is 3.24. The lowest BCUT2D eigenvalue weighted by Crippen LogP contribution is -2.11. The molecular weight excluding hydrogens is 277 g/mol. The van der Waals surface area contributed by atoms with E-state index in [9.17, 15) is 4.39 Å². The van der Waals surface area contributed by atoms with Crippen LogP contribution in [0.2, 0.25) is 5.02 Å². The summed E-state index contributed by atoms with van der Waals surface area (Å²) in [6.07, 6.45) is 0. The van der Waals surface area contributed by atoms with E-state index in [1.165, 1.54) is 6.07 Å². The van der Waals surface area contributed by atoms with Crippen molar-refractivity contribution in [3.63, 3.8) is 0 Å². The first kappa shape index (κ1) is 13.2. The molecule has 3 rings (SSSR count). The van der Waals surface area contributed by atoms with E-state index in [4.69, 9.17) is 21.8 Å². The zero-order valence-corrected chi connectivity index (χ0v) is 11.6. The average Bonchev–Trinajstić information content (AvgIpc) is 2.84. The fraction of sp³-hybridized carbons (Fsp3) is 0.125. The summed E-state index contributed by atoms with van der Waals surface area (Å²) in [7, 11) is 0. The van der Waals surface area contributed by atoms with Crippen molar-refractivity contribution in [3.8, 4) is 0 Å². The van der Waals surface area contributed by atoms with Crippen LogP contribution < -0.4 is 5.73 Å². The van der Waals surface area contributed by atoms with E-state index >= 15 is 0 Å². The molecule has 0 aliphatic heterocycles. The first-order valence-electron chi connectivity index (χ1n) is 6.25. The third-order valence-electron chi connectivity index (χ3n) is 3.35. The highest BCUT2D eigenvalue weighted by Crippen LogP contribution is 2.29. The number of aryl methyl sites for hydroxylation is 1. The van der Waals surface area contributed by atoms with E-state index in [-0.39, 0.29) is 5.82 Å². The molecule has 0 saturated heterocycles. The summed E-state index contributed by atoms with van der Waals surface area (Å²) < 4.78 is 19.0. The molecule has 3 aromatic rings. The third-order valence-corrected chi connectivity index (χ3v) is 3.58. The Morgan fingerprint density at radius 1 is 1.15 bits per heavy atom. The van der Waals surface area contributed by atoms with Crippen molar-refractivity contribution in [2.75, 3.05) is 0 Å². The molecule has 0 aliphatic rings. The number of hydrogen-bond acceptors (Lipinski definition) is 2. The van der Waals surface area contributed by atoms with Crippen molar-refractivity contribution in [2.45, 2.75) is 13.0 Å². The molecule has 1 aromatic heterocycles. The minimum atomic E-state index is -0.430. The minimum Gasteiger partial charge on any atom is -0.459 e. The predicted molar refractivity (Wildman–Crippen MR) is 78.4 cm³/mol. The molecule has 0 radical (unpaired) electrons. The van der Waals surface area contributed by atoms with E-state index < -0.39 is 6.04 Å². The average molecular weight is 290 g/mol. The molecule has 1 atom stereocenters. The molecule has 0 spiro atoms. The standard InChI is InChI=1S/C16H13ClFNO/c1-9-6-10(2-4-13(9)18)16(19)15-8-11-7-12(17)3-5-14(11)20-15/h2-8,16H,19H2,1H3. The van der Waals surface area contributed by atoms with Gasteiger partial charge in [-0.25, -0.2) is 4.39 Å². The molecule has 0 bridgehead atoms. The lowest BCUT2D eigenvalue weighted by Gasteiger charge is -2.10. The van der Waals surface area contributed by atoms with Gasteiger partial charge in [0.15, 0.2) is 0 Å². The molecule has 2 N–H and O–H groups in total. The van der Waals surface area contributed by atoms with Crippen LogP contribution in [0.1, 0.15) is 22.9 Å². The minimum absolute atomic E-state index is 0.239. The maximum Gasteiger partial charge on any atom is 0.134 e. The molecule has 1 unspecified atom stereocenters. The predicted octanol–water partition coefficient (Wildman–Crippen LogP) is 4.58. The Labute approximate surface area is 121 Å². The quantitative estimate of drug-likeness (QED) is 0.750. The first-order valence-corrected chi connectivity index (χ1v) is 6.63. The number of furan rings is 1. The summed E-state index contributed by atoms with van der Waals surface area (Å²) in [5.41, 5.74) is 8.30. The van der Waals surface area contributed by atoms with E-state index in [0.717, 1.165) is 16.5 Å². The highest BCUT2D eigenvalue weighted by Gasteiger charge is 2.15. The van der Waals surface area contributed by atoms with Crippen LogP contribution in [-0.4, -0.2) is 0 Å². The fourth-order valence-electron chi connectivity index (χ4n) is 2.21. The number of hydrogen-bond donors (Lipinski definition) is 1. The van der Waals surface area contributed by atoms with Gasteiger partial charge in [0.2, 0.25) is 0 Å². The Balaban J connectivity index is 2.02. The van der Waals surface area contributed by atoms with Crippen LogP contribution in [0.3, 0.4) is 0 Å². The Morgan fingerprint density at radius 2 is 1.95 bits per heavy atom. The van der Waals surface area contributed by atoms with Gasteiger partial charge in [0.05, 0.1) is 6.04 Å². The lowest BCUT2D eigenvalue weighted by atomic mass is 10.0. The van der Waals surface area contributed by atoms with Crippen molar-refractivity contribution in [1.29, 1.82) is 0 Å². The molecule has 0 aliphatic carbocycles. The summed E-state index contributed by atoms with van der Waals surface area (Å²) in [5.74, 6) is 0.394. The van der Waals surface area contributed by atoms with E-state index in [2.05, 4.69) is 0 Å². The Bertz CT molecular complexity index is 781. The molecule has 2 nitrogen and oxygen atoms in total. The van der Waals surface area contributed by atoms with Gasteiger partial charge in [-0.05, 0) is 48.4 Å². The van der Waals surface area contributed by atoms with Crippen molar-refractivity contribution in [1.82, 2.24) is 0 Å². The van der Waals surface area contributed by atoms with Crippen LogP contribution in [0.15, 0.2) is 46.9 Å². The summed E-state index contributed by atoms with van der Waals surface area (Å²) in [5, 5.41) is 1.55. The van der Waals surface area contributed by atoms with Crippen LogP contribution in [0.25, 0.3) is 11.0 Å². The molecule has 0 amide bonds. The zero-order valence-electron chi connectivity index (χ0n) is 10.9. The number of halogens is 2. The lowest BCUT2D eigenvalue weighted by molar-refractivity contribution is 0.524. The zero-order chi connectivity index (χ0) is 14.3. The summed E-state index contributed by atoms with van der Waals surface area (Å²) >= 11 is 5.95. The Morgan fingerprint density at radius 3 is 2.70 bits per heavy atom. The molecular formula is C16H13ClFNO. The van der Waals surface area contributed by atoms with Gasteiger partial charge < -0.3 is 10.2 Å². The number of nitrogens with two attached hydrogens (primary N) is 1. The van der Waals surface area contributed by atoms with Gasteiger partial charge in [0, 0.05) is 10.4 Å². The molecule has 0 saturated carbocycles. The molecule has 20 heavy (non-hydrogen) atoms. The smallest absolute Gasteiger partial charge is 0.134 e. The van der Waals surface area contributed by atoms with Crippen LogP contribution in [0.4, 0.5) is 4.39 Å². The van der Waals surface area contributed by atoms with Gasteiger partial charge in [-0.1, -0.05) is 23.7 Å². The first-order chi connectivity index (χ1) is 9.54. The highest BCUT2D eigenvalue weighted by molar-refractivity contribution is 6.31. The second-order valence-electron chi connectivity index (χ2n) is 4.82. The fourth-order valence-corrected chi connectivity index (χ4v) is 2.39. The number of fused-ring (bicyclic) bond motifs is 1. The van der Waals surface area contributed by atoms with Gasteiger partial charge in [-0.3, -0.25) is 0 Å². The van der Waals surface area contributed by atoms with Crippen LogP contribution in [-0.2, 0) is 0 Å². The van der Waals surface area contributed by atoms with Crippen molar-refractivity contribution in [2.24, 2.45) is 5.73 Å². The second kappa shape index (κ2) is 4.93. The van der Waals surface area contributed by atoms with Gasteiger partial charge in [0.25, 0.3) is 0 Å². The van der Waals surface area contributed by atoms with Gasteiger partial charge in [0.1, 0.15) is 17.2 Å². The van der Waals surface area contributed by atoms with Crippen LogP contribution >= 0.6 is 11.6 Å². The largest absolute Gasteiger partial charge is 0.459 e. The van der Waals surface area contributed by atoms with Gasteiger partial charge in [-0.15, -0.1) is 0 Å². The molecule has 1 heterocycles. The van der Waals surface area contributed by atoms with Crippen LogP contribution in [0, 0.1) is 12.7 Å². The van der Waals surface area contributed by atoms with Crippen molar-refractivity contribution >= 4 is 22.6 Å². The molecule has 4 heteroatoms. The molecule has 2 aromatic carbocycles. The van der Waals surface area contributed by atoms with Crippen molar-refractivity contribution < 1.29 is 8.81 Å². The normalized spacial score (nSPS) is 12.8. The SMILES string of the molecule is Cc1cc(C(N)c2cc3cc(Cl)ccc3o2)ccc1F. The van der Waals surface area contributed by atoms with E-state index in [0.29, 0.717) is 16.3 Å². The van der Waals surface area contributed by atoms with Gasteiger partial charge >= 0.3 is 0 Å². The monoisotopic (exact) mass is 289 g/mol. The maximum absolute atomic E-state index is 13.3. The second-order valence-corrected chi connectivity index (χ2v) is 5.25. The highest BCUT2D eigenvalue weighted by atomic mass is 35.5. The number of benzene rings is 2. The van der Waals surface area contributed by atoms with Crippen molar-refractivity contribution in [3.05, 3.63) is 70.2 Å². The summed E-state index contributed by atoms with van der Waals surface area (Å²) in [6, 6.07) is 11.7. The third kappa shape index (κ3) is 2.30. The topological polar surface area (TPSA) is 39.2 Å². The summed E-state index contributed by atoms with van der Waals surface area (Å²) in [4.78, 5) is 0. The van der Waals surface area contributed by atoms with Gasteiger partial charge in [-0.2, -0.15) is 0 Å². The number of rotatable bonds is 2. The van der Waals surface area contributed by atoms with E-state index in [1.807, 2.05) is 18.2 Å². The van der Waals surface area contributed by atoms with Crippen LogP contribution in [0.5, 0.6) is 0 Å². The molecule has 0 fully saturated rings.